The van der Waals surface area contributed by atoms with E-state index in [0.717, 1.165) is 16.0 Å². The van der Waals surface area contributed by atoms with E-state index in [1.54, 1.807) is 7.05 Å². The van der Waals surface area contributed by atoms with Crippen molar-refractivity contribution < 1.29 is 4.79 Å². The second kappa shape index (κ2) is 7.54. The van der Waals surface area contributed by atoms with Gasteiger partial charge in [0.1, 0.15) is 16.2 Å². The van der Waals surface area contributed by atoms with Gasteiger partial charge in [-0.05, 0) is 19.9 Å². The van der Waals surface area contributed by atoms with Crippen LogP contribution in [0.15, 0.2) is 20.7 Å². The molecule has 3 aromatic rings. The summed E-state index contributed by atoms with van der Waals surface area (Å²) in [7, 11) is 4.93. The molecule has 0 aliphatic heterocycles. The fraction of sp³-hybridized carbons (Fsp3) is 0.476. The Morgan fingerprint density at radius 2 is 1.67 bits per heavy atom. The predicted octanol–water partition coefficient (Wildman–Crippen LogP) is 2.26. The van der Waals surface area contributed by atoms with Gasteiger partial charge in [0, 0.05) is 43.5 Å². The maximum Gasteiger partial charge on any atom is 0.332 e. The van der Waals surface area contributed by atoms with Crippen LogP contribution in [-0.2, 0) is 26.6 Å². The molecule has 0 amide bonds. The van der Waals surface area contributed by atoms with Gasteiger partial charge in [-0.1, -0.05) is 32.5 Å². The van der Waals surface area contributed by atoms with E-state index < -0.39 is 16.7 Å². The Hall–Kier alpha value is -2.68. The summed E-state index contributed by atoms with van der Waals surface area (Å²) in [5.74, 6) is 0.610. The number of Topliss-reactive ketones (excluding diaryl/α,β-unsaturated/α-hetero) is 1. The van der Waals surface area contributed by atoms with Gasteiger partial charge in [0.15, 0.2) is 11.4 Å². The molecule has 0 radical (unpaired) electrons. The maximum atomic E-state index is 12.9. The van der Waals surface area contributed by atoms with Crippen molar-refractivity contribution in [2.45, 2.75) is 45.1 Å². The highest BCUT2D eigenvalue weighted by atomic mass is 32.2. The minimum absolute atomic E-state index is 0.0353. The lowest BCUT2D eigenvalue weighted by Crippen LogP contribution is -2.38. The van der Waals surface area contributed by atoms with E-state index in [4.69, 9.17) is 0 Å². The monoisotopic (exact) mass is 429 g/mol. The fourth-order valence-corrected chi connectivity index (χ4v) is 4.12. The molecule has 0 saturated heterocycles. The number of rotatable bonds is 4. The second-order valence-electron chi connectivity index (χ2n) is 8.56. The van der Waals surface area contributed by atoms with E-state index in [-0.39, 0.29) is 22.6 Å². The van der Waals surface area contributed by atoms with Crippen LogP contribution in [0.1, 0.15) is 48.3 Å². The van der Waals surface area contributed by atoms with E-state index in [2.05, 4.69) is 9.97 Å². The van der Waals surface area contributed by atoms with Crippen LogP contribution in [0.4, 0.5) is 0 Å². The Bertz CT molecular complexity index is 1290. The SMILES string of the molecule is Cc1cc(C(=O)CSc2nc(C(C)(C)C)nc3c2c(=O)n(C)c(=O)n3C)c(C)n1C. The van der Waals surface area contributed by atoms with Crippen LogP contribution in [0.2, 0.25) is 0 Å². The van der Waals surface area contributed by atoms with Crippen LogP contribution < -0.4 is 11.2 Å². The van der Waals surface area contributed by atoms with E-state index in [0.29, 0.717) is 16.4 Å². The van der Waals surface area contributed by atoms with Gasteiger partial charge in [0.05, 0.1) is 5.75 Å². The number of carbonyl (C=O) groups excluding carboxylic acids is 1. The first-order valence-corrected chi connectivity index (χ1v) is 10.6. The van der Waals surface area contributed by atoms with Crippen molar-refractivity contribution in [3.05, 3.63) is 49.7 Å². The fourth-order valence-electron chi connectivity index (χ4n) is 3.22. The Morgan fingerprint density at radius 3 is 2.20 bits per heavy atom. The van der Waals surface area contributed by atoms with Gasteiger partial charge in [-0.3, -0.25) is 18.7 Å². The lowest BCUT2D eigenvalue weighted by molar-refractivity contribution is 0.102. The molecule has 0 aliphatic carbocycles. The molecular formula is C21H27N5O3S. The minimum atomic E-state index is -0.463. The first-order chi connectivity index (χ1) is 13.8. The van der Waals surface area contributed by atoms with Crippen LogP contribution in [-0.4, -0.2) is 35.2 Å². The topological polar surface area (TPSA) is 91.8 Å². The third kappa shape index (κ3) is 3.62. The summed E-state index contributed by atoms with van der Waals surface area (Å²) < 4.78 is 4.37. The van der Waals surface area contributed by atoms with Gasteiger partial charge in [-0.2, -0.15) is 0 Å². The number of hydrogen-bond acceptors (Lipinski definition) is 6. The lowest BCUT2D eigenvalue weighted by Gasteiger charge is -2.19. The molecular weight excluding hydrogens is 402 g/mol. The zero-order valence-corrected chi connectivity index (χ0v) is 19.5. The van der Waals surface area contributed by atoms with Crippen LogP contribution in [0.25, 0.3) is 11.0 Å². The molecule has 0 fully saturated rings. The standard InChI is InChI=1S/C21H27N5O3S/c1-11-9-13(12(2)24(11)6)14(27)10-30-17-15-16(22-19(23-17)21(3,4)5)25(7)20(29)26(8)18(15)28/h9H,10H2,1-8H3. The van der Waals surface area contributed by atoms with E-state index in [1.165, 1.54) is 23.4 Å². The maximum absolute atomic E-state index is 12.9. The highest BCUT2D eigenvalue weighted by molar-refractivity contribution is 8.00. The summed E-state index contributed by atoms with van der Waals surface area (Å²) in [6.45, 7) is 9.75. The Morgan fingerprint density at radius 1 is 1.03 bits per heavy atom. The van der Waals surface area contributed by atoms with Gasteiger partial charge >= 0.3 is 5.69 Å². The Balaban J connectivity index is 2.14. The molecule has 8 nitrogen and oxygen atoms in total. The lowest BCUT2D eigenvalue weighted by atomic mass is 9.96. The van der Waals surface area contributed by atoms with Crippen molar-refractivity contribution in [3.63, 3.8) is 0 Å². The first kappa shape index (κ1) is 22.0. The van der Waals surface area contributed by atoms with Crippen molar-refractivity contribution in [3.8, 4) is 0 Å². The number of aromatic nitrogens is 5. The first-order valence-electron chi connectivity index (χ1n) is 9.61. The molecule has 9 heteroatoms. The highest BCUT2D eigenvalue weighted by Gasteiger charge is 2.24. The summed E-state index contributed by atoms with van der Waals surface area (Å²) in [5.41, 5.74) is 1.55. The number of ketones is 1. The van der Waals surface area contributed by atoms with Crippen LogP contribution >= 0.6 is 11.8 Å². The normalized spacial score (nSPS) is 12.0. The van der Waals surface area contributed by atoms with Gasteiger partial charge in [-0.25, -0.2) is 14.8 Å². The zero-order valence-electron chi connectivity index (χ0n) is 18.7. The molecule has 160 valence electrons. The second-order valence-corrected chi connectivity index (χ2v) is 9.53. The van der Waals surface area contributed by atoms with Crippen molar-refractivity contribution >= 4 is 28.6 Å². The van der Waals surface area contributed by atoms with Crippen molar-refractivity contribution in [1.29, 1.82) is 0 Å². The number of aryl methyl sites for hydroxylation is 2. The summed E-state index contributed by atoms with van der Waals surface area (Å²) in [5, 5.41) is 0.672. The van der Waals surface area contributed by atoms with Crippen molar-refractivity contribution in [1.82, 2.24) is 23.7 Å². The third-order valence-corrected chi connectivity index (χ3v) is 6.33. The van der Waals surface area contributed by atoms with Gasteiger partial charge in [-0.15, -0.1) is 0 Å². The molecule has 3 heterocycles. The molecule has 0 aromatic carbocycles. The number of carbonyl (C=O) groups is 1. The van der Waals surface area contributed by atoms with E-state index >= 15 is 0 Å². The molecule has 0 spiro atoms. The number of nitrogens with zero attached hydrogens (tertiary/aromatic N) is 5. The summed E-state index contributed by atoms with van der Waals surface area (Å²) in [6.07, 6.45) is 0. The smallest absolute Gasteiger partial charge is 0.332 e. The number of thioether (sulfide) groups is 1. The molecule has 0 bridgehead atoms. The predicted molar refractivity (Wildman–Crippen MR) is 119 cm³/mol. The molecule has 3 rings (SSSR count). The average molecular weight is 430 g/mol. The average Bonchev–Trinajstić information content (AvgIpc) is 2.94. The van der Waals surface area contributed by atoms with E-state index in [1.807, 2.05) is 52.3 Å². The van der Waals surface area contributed by atoms with Gasteiger partial charge in [0.25, 0.3) is 5.56 Å². The highest BCUT2D eigenvalue weighted by Crippen LogP contribution is 2.28. The summed E-state index contributed by atoms with van der Waals surface area (Å²) in [4.78, 5) is 47.3. The molecule has 3 aromatic heterocycles. The van der Waals surface area contributed by atoms with Gasteiger partial charge < -0.3 is 4.57 Å². The quantitative estimate of drug-likeness (QED) is 0.359. The van der Waals surface area contributed by atoms with Gasteiger partial charge in [0.2, 0.25) is 0 Å². The Kier molecular flexibility index (Phi) is 5.53. The Labute approximate surface area is 179 Å². The largest absolute Gasteiger partial charge is 0.351 e. The summed E-state index contributed by atoms with van der Waals surface area (Å²) in [6, 6.07) is 1.87. The molecule has 0 unspecified atom stereocenters. The molecule has 30 heavy (non-hydrogen) atoms. The molecule has 0 saturated carbocycles. The molecule has 0 aliphatic rings. The van der Waals surface area contributed by atoms with Crippen LogP contribution in [0, 0.1) is 13.8 Å². The third-order valence-electron chi connectivity index (χ3n) is 5.35. The minimum Gasteiger partial charge on any atom is -0.351 e. The molecule has 0 atom stereocenters. The number of hydrogen-bond donors (Lipinski definition) is 0. The zero-order chi connectivity index (χ0) is 22.5. The van der Waals surface area contributed by atoms with Crippen molar-refractivity contribution in [2.24, 2.45) is 21.1 Å². The van der Waals surface area contributed by atoms with E-state index in [9.17, 15) is 14.4 Å². The molecule has 0 N–H and O–H groups in total. The summed E-state index contributed by atoms with van der Waals surface area (Å²) >= 11 is 1.21. The van der Waals surface area contributed by atoms with Crippen LogP contribution in [0.3, 0.4) is 0 Å². The van der Waals surface area contributed by atoms with Crippen LogP contribution in [0.5, 0.6) is 0 Å². The van der Waals surface area contributed by atoms with Crippen molar-refractivity contribution in [2.75, 3.05) is 5.75 Å². The number of fused-ring (bicyclic) bond motifs is 1.